The Kier molecular flexibility index (Phi) is 5.97. The van der Waals surface area contributed by atoms with Crippen LogP contribution in [0.4, 0.5) is 0 Å². The molecule has 0 radical (unpaired) electrons. The summed E-state index contributed by atoms with van der Waals surface area (Å²) in [5.41, 5.74) is 4.58. The first kappa shape index (κ1) is 19.6. The van der Waals surface area contributed by atoms with Gasteiger partial charge < -0.3 is 5.11 Å². The van der Waals surface area contributed by atoms with Gasteiger partial charge in [0.05, 0.1) is 6.20 Å². The summed E-state index contributed by atoms with van der Waals surface area (Å²) in [5, 5.41) is 14.2. The minimum atomic E-state index is -0.846. The van der Waals surface area contributed by atoms with Gasteiger partial charge in [0.2, 0.25) is 0 Å². The Morgan fingerprint density at radius 2 is 2.04 bits per heavy atom. The molecule has 0 spiro atoms. The predicted molar refractivity (Wildman–Crippen MR) is 105 cm³/mol. The third-order valence-electron chi connectivity index (χ3n) is 5.16. The Balaban J connectivity index is 1.72. The van der Waals surface area contributed by atoms with Crippen molar-refractivity contribution < 1.29 is 9.90 Å². The zero-order valence-electron chi connectivity index (χ0n) is 16.7. The normalized spacial score (nSPS) is 15.5. The molecule has 0 amide bonds. The van der Waals surface area contributed by atoms with Gasteiger partial charge in [0.1, 0.15) is 6.04 Å². The highest BCUT2D eigenvalue weighted by Crippen LogP contribution is 2.25. The number of carbonyl (C=O) groups is 1. The van der Waals surface area contributed by atoms with Crippen molar-refractivity contribution in [3.63, 3.8) is 0 Å². The number of aryl methyl sites for hydroxylation is 1. The minimum Gasteiger partial charge on any atom is -0.480 e. The van der Waals surface area contributed by atoms with Crippen molar-refractivity contribution in [1.29, 1.82) is 0 Å². The van der Waals surface area contributed by atoms with E-state index in [2.05, 4.69) is 49.1 Å². The number of aromatic nitrogens is 2. The summed E-state index contributed by atoms with van der Waals surface area (Å²) < 4.78 is 1.85. The number of nitrogens with zero attached hydrogens (tertiary/aromatic N) is 4. The van der Waals surface area contributed by atoms with Crippen LogP contribution in [0.15, 0.2) is 30.6 Å². The fourth-order valence-electron chi connectivity index (χ4n) is 3.71. The number of fused-ring (bicyclic) bond motifs is 1. The summed E-state index contributed by atoms with van der Waals surface area (Å²) in [4.78, 5) is 16.1. The Hall–Kier alpha value is -2.18. The van der Waals surface area contributed by atoms with Gasteiger partial charge in [-0.3, -0.25) is 19.3 Å². The third-order valence-corrected chi connectivity index (χ3v) is 5.16. The van der Waals surface area contributed by atoms with Crippen LogP contribution in [-0.4, -0.2) is 44.8 Å². The van der Waals surface area contributed by atoms with Crippen LogP contribution < -0.4 is 0 Å². The molecule has 2 heterocycles. The fraction of sp³-hybridized carbons (Fsp3) is 0.524. The number of aliphatic carboxylic acids is 1. The van der Waals surface area contributed by atoms with E-state index in [1.807, 2.05) is 22.8 Å². The van der Waals surface area contributed by atoms with Gasteiger partial charge in [-0.2, -0.15) is 5.10 Å². The Labute approximate surface area is 161 Å². The molecule has 2 aromatic rings. The van der Waals surface area contributed by atoms with Crippen molar-refractivity contribution in [3.8, 4) is 0 Å². The summed E-state index contributed by atoms with van der Waals surface area (Å²) in [6.07, 6.45) is 4.58. The van der Waals surface area contributed by atoms with Crippen molar-refractivity contribution >= 4 is 5.97 Å². The molecule has 27 heavy (non-hydrogen) atoms. The van der Waals surface area contributed by atoms with Gasteiger partial charge >= 0.3 is 5.97 Å². The smallest absolute Gasteiger partial charge is 0.325 e. The van der Waals surface area contributed by atoms with Gasteiger partial charge in [0.25, 0.3) is 0 Å². The summed E-state index contributed by atoms with van der Waals surface area (Å²) >= 11 is 0. The van der Waals surface area contributed by atoms with Gasteiger partial charge in [-0.05, 0) is 43.1 Å². The first-order chi connectivity index (χ1) is 12.8. The number of rotatable bonds is 8. The second-order valence-electron chi connectivity index (χ2n) is 8.15. The molecule has 0 fully saturated rings. The van der Waals surface area contributed by atoms with Gasteiger partial charge in [-0.25, -0.2) is 0 Å². The Bertz CT molecular complexity index is 799. The van der Waals surface area contributed by atoms with Crippen molar-refractivity contribution in [2.24, 2.45) is 5.92 Å². The van der Waals surface area contributed by atoms with Crippen molar-refractivity contribution in [1.82, 2.24) is 19.6 Å². The van der Waals surface area contributed by atoms with Gasteiger partial charge in [0, 0.05) is 37.9 Å². The average molecular weight is 370 g/mol. The SMILES string of the molecule is CC(C)CCn1cc([C@@H](C(=O)O)N(C)Cc2ccc3c(c2)CN(C)C3)cn1. The van der Waals surface area contributed by atoms with Crippen LogP contribution in [0.2, 0.25) is 0 Å². The zero-order valence-corrected chi connectivity index (χ0v) is 16.7. The summed E-state index contributed by atoms with van der Waals surface area (Å²) in [7, 11) is 3.98. The van der Waals surface area contributed by atoms with E-state index in [1.54, 1.807) is 6.20 Å². The van der Waals surface area contributed by atoms with E-state index in [1.165, 1.54) is 11.1 Å². The quantitative estimate of drug-likeness (QED) is 0.773. The van der Waals surface area contributed by atoms with E-state index in [4.69, 9.17) is 0 Å². The lowest BCUT2D eigenvalue weighted by atomic mass is 10.0. The standard InChI is InChI=1S/C21H30N4O2/c1-15(2)7-8-25-14-19(10-22-25)20(21(26)27)24(4)11-16-5-6-17-12-23(3)13-18(17)9-16/h5-6,9-10,14-15,20H,7-8,11-13H2,1-4H3,(H,26,27)/t20-/m0/s1. The number of benzene rings is 1. The highest BCUT2D eigenvalue weighted by atomic mass is 16.4. The summed E-state index contributed by atoms with van der Waals surface area (Å²) in [6.45, 7) is 7.69. The number of hydrogen-bond donors (Lipinski definition) is 1. The molecule has 0 aliphatic carbocycles. The van der Waals surface area contributed by atoms with E-state index in [-0.39, 0.29) is 0 Å². The second-order valence-corrected chi connectivity index (χ2v) is 8.15. The number of carboxylic acid groups (broad SMARTS) is 1. The molecule has 1 aromatic carbocycles. The molecular formula is C21H30N4O2. The molecular weight excluding hydrogens is 340 g/mol. The number of likely N-dealkylation sites (N-methyl/N-ethyl adjacent to an activating group) is 1. The molecule has 0 bridgehead atoms. The first-order valence-corrected chi connectivity index (χ1v) is 9.58. The van der Waals surface area contributed by atoms with E-state index in [9.17, 15) is 9.90 Å². The monoisotopic (exact) mass is 370 g/mol. The molecule has 6 heteroatoms. The average Bonchev–Trinajstić information content (AvgIpc) is 3.18. The molecule has 6 nitrogen and oxygen atoms in total. The minimum absolute atomic E-state index is 0.588. The van der Waals surface area contributed by atoms with Gasteiger partial charge in [0.15, 0.2) is 0 Å². The molecule has 1 aliphatic rings. The maximum atomic E-state index is 12.0. The van der Waals surface area contributed by atoms with Crippen LogP contribution in [0.5, 0.6) is 0 Å². The molecule has 1 atom stereocenters. The summed E-state index contributed by atoms with van der Waals surface area (Å²) in [6, 6.07) is 5.79. The highest BCUT2D eigenvalue weighted by molar-refractivity contribution is 5.75. The maximum Gasteiger partial charge on any atom is 0.325 e. The zero-order chi connectivity index (χ0) is 19.6. The lowest BCUT2D eigenvalue weighted by Crippen LogP contribution is -2.30. The van der Waals surface area contributed by atoms with Crippen molar-refractivity contribution in [2.45, 2.75) is 52.5 Å². The second kappa shape index (κ2) is 8.23. The van der Waals surface area contributed by atoms with Crippen LogP contribution in [0.3, 0.4) is 0 Å². The first-order valence-electron chi connectivity index (χ1n) is 9.58. The molecule has 0 saturated carbocycles. The van der Waals surface area contributed by atoms with Crippen LogP contribution in [0.25, 0.3) is 0 Å². The van der Waals surface area contributed by atoms with Crippen LogP contribution in [-0.2, 0) is 31.0 Å². The number of hydrogen-bond acceptors (Lipinski definition) is 4. The van der Waals surface area contributed by atoms with Crippen molar-refractivity contribution in [3.05, 3.63) is 52.8 Å². The van der Waals surface area contributed by atoms with E-state index in [0.717, 1.165) is 37.2 Å². The molecule has 1 N–H and O–H groups in total. The summed E-state index contributed by atoms with van der Waals surface area (Å²) in [5.74, 6) is -0.253. The molecule has 146 valence electrons. The topological polar surface area (TPSA) is 61.6 Å². The number of carboxylic acids is 1. The van der Waals surface area contributed by atoms with Gasteiger partial charge in [-0.15, -0.1) is 0 Å². The molecule has 0 saturated heterocycles. The fourth-order valence-corrected chi connectivity index (χ4v) is 3.71. The predicted octanol–water partition coefficient (Wildman–Crippen LogP) is 3.13. The molecule has 1 aromatic heterocycles. The molecule has 1 aliphatic heterocycles. The lowest BCUT2D eigenvalue weighted by molar-refractivity contribution is -0.143. The van der Waals surface area contributed by atoms with Crippen LogP contribution in [0.1, 0.15) is 48.6 Å². The van der Waals surface area contributed by atoms with Crippen molar-refractivity contribution in [2.75, 3.05) is 14.1 Å². The van der Waals surface area contributed by atoms with E-state index >= 15 is 0 Å². The maximum absolute atomic E-state index is 12.0. The van der Waals surface area contributed by atoms with E-state index in [0.29, 0.717) is 12.5 Å². The third kappa shape index (κ3) is 4.76. The van der Waals surface area contributed by atoms with Crippen LogP contribution in [0, 0.1) is 5.92 Å². The lowest BCUT2D eigenvalue weighted by Gasteiger charge is -2.24. The highest BCUT2D eigenvalue weighted by Gasteiger charge is 2.26. The van der Waals surface area contributed by atoms with Gasteiger partial charge in [-0.1, -0.05) is 32.0 Å². The molecule has 3 rings (SSSR count). The largest absolute Gasteiger partial charge is 0.480 e. The van der Waals surface area contributed by atoms with Crippen LogP contribution >= 0.6 is 0 Å². The Morgan fingerprint density at radius 1 is 1.30 bits per heavy atom. The van der Waals surface area contributed by atoms with E-state index < -0.39 is 12.0 Å². The molecule has 0 unspecified atom stereocenters. The Morgan fingerprint density at radius 3 is 2.74 bits per heavy atom.